The van der Waals surface area contributed by atoms with Gasteiger partial charge in [0.05, 0.1) is 17.1 Å². The zero-order valence-corrected chi connectivity index (χ0v) is 22.3. The number of nitrogens with one attached hydrogen (secondary N) is 1. The molecule has 3 heterocycles. The molecule has 38 heavy (non-hydrogen) atoms. The summed E-state index contributed by atoms with van der Waals surface area (Å²) in [5.41, 5.74) is 7.77. The number of pyridine rings is 2. The molecule has 6 heteroatoms. The Kier molecular flexibility index (Phi) is 8.17. The van der Waals surface area contributed by atoms with E-state index >= 15 is 0 Å². The Bertz CT molecular complexity index is 1300. The number of aryl methyl sites for hydroxylation is 1. The lowest BCUT2D eigenvalue weighted by Crippen LogP contribution is -2.40. The number of carbonyl (C=O) groups is 1. The third-order valence-corrected chi connectivity index (χ3v) is 7.35. The van der Waals surface area contributed by atoms with E-state index < -0.39 is 0 Å². The van der Waals surface area contributed by atoms with Gasteiger partial charge in [0.15, 0.2) is 0 Å². The van der Waals surface area contributed by atoms with Gasteiger partial charge in [0.25, 0.3) is 0 Å². The fraction of sp³-hybridized carbons (Fsp3) is 0.344. The summed E-state index contributed by atoms with van der Waals surface area (Å²) in [4.78, 5) is 23.0. The molecule has 1 saturated carbocycles. The lowest BCUT2D eigenvalue weighted by Gasteiger charge is -2.32. The summed E-state index contributed by atoms with van der Waals surface area (Å²) in [5.74, 6) is 0.947. The van der Waals surface area contributed by atoms with E-state index in [2.05, 4.69) is 47.6 Å². The molecule has 1 amide bonds. The van der Waals surface area contributed by atoms with Crippen LogP contribution in [0.3, 0.4) is 0 Å². The smallest absolute Gasteiger partial charge is 0.219 e. The SMILES string of the molecule is CC(=O)N1CCC(Oc2cc(C(NCc3ccc(C)cc3)=C3CCC3)ncc2/C=C\c2ccccn2)CC1. The normalized spacial score (nSPS) is 15.8. The minimum atomic E-state index is 0.0585. The molecule has 2 fully saturated rings. The summed E-state index contributed by atoms with van der Waals surface area (Å²) in [6.07, 6.45) is 12.8. The Balaban J connectivity index is 1.41. The number of ether oxygens (including phenoxy) is 1. The summed E-state index contributed by atoms with van der Waals surface area (Å²) in [6, 6.07) is 16.6. The highest BCUT2D eigenvalue weighted by atomic mass is 16.5. The van der Waals surface area contributed by atoms with Crippen molar-refractivity contribution in [2.75, 3.05) is 13.1 Å². The van der Waals surface area contributed by atoms with Crippen LogP contribution >= 0.6 is 0 Å². The van der Waals surface area contributed by atoms with Crippen LogP contribution in [0.15, 0.2) is 66.5 Å². The molecule has 1 saturated heterocycles. The van der Waals surface area contributed by atoms with E-state index in [1.807, 2.05) is 41.4 Å². The predicted molar refractivity (Wildman–Crippen MR) is 152 cm³/mol. The van der Waals surface area contributed by atoms with Gasteiger partial charge in [0.2, 0.25) is 5.91 Å². The number of allylic oxidation sites excluding steroid dienone is 1. The van der Waals surface area contributed by atoms with Crippen molar-refractivity contribution in [2.45, 2.75) is 58.6 Å². The average molecular weight is 509 g/mol. The summed E-state index contributed by atoms with van der Waals surface area (Å²) in [7, 11) is 0. The highest BCUT2D eigenvalue weighted by molar-refractivity contribution is 5.74. The van der Waals surface area contributed by atoms with E-state index in [0.29, 0.717) is 0 Å². The second-order valence-electron chi connectivity index (χ2n) is 10.2. The van der Waals surface area contributed by atoms with Gasteiger partial charge >= 0.3 is 0 Å². The van der Waals surface area contributed by atoms with E-state index in [1.54, 1.807) is 13.1 Å². The Labute approximate surface area is 225 Å². The Morgan fingerprint density at radius 3 is 2.53 bits per heavy atom. The van der Waals surface area contributed by atoms with Crippen molar-refractivity contribution >= 4 is 23.8 Å². The molecule has 0 spiro atoms. The molecule has 6 nitrogen and oxygen atoms in total. The van der Waals surface area contributed by atoms with Gasteiger partial charge in [-0.3, -0.25) is 14.8 Å². The van der Waals surface area contributed by atoms with Crippen molar-refractivity contribution < 1.29 is 9.53 Å². The minimum absolute atomic E-state index is 0.0585. The first-order valence-corrected chi connectivity index (χ1v) is 13.6. The number of amides is 1. The first-order chi connectivity index (χ1) is 18.5. The standard InChI is InChI=1S/C32H36N4O2/c1-23-9-11-25(12-10-23)21-35-32(26-6-5-7-26)30-20-31(38-29-15-18-36(19-16-29)24(2)37)27(22-34-30)13-14-28-8-3-4-17-33-28/h3-4,8-14,17,20,22,29,35H,5-7,15-16,18-19,21H2,1-2H3/b14-13-. The van der Waals surface area contributed by atoms with Crippen LogP contribution in [0.5, 0.6) is 5.75 Å². The predicted octanol–water partition coefficient (Wildman–Crippen LogP) is 6.03. The van der Waals surface area contributed by atoms with Gasteiger partial charge < -0.3 is 15.0 Å². The maximum atomic E-state index is 11.8. The average Bonchev–Trinajstić information content (AvgIpc) is 2.91. The summed E-state index contributed by atoms with van der Waals surface area (Å²) < 4.78 is 6.60. The largest absolute Gasteiger partial charge is 0.490 e. The quantitative estimate of drug-likeness (QED) is 0.402. The molecule has 5 rings (SSSR count). The molecule has 3 aromatic rings. The van der Waals surface area contributed by atoms with Crippen LogP contribution in [-0.4, -0.2) is 40.0 Å². The van der Waals surface area contributed by atoms with Crippen molar-refractivity contribution in [3.8, 4) is 5.75 Å². The lowest BCUT2D eigenvalue weighted by molar-refractivity contribution is -0.130. The third kappa shape index (κ3) is 6.49. The van der Waals surface area contributed by atoms with Crippen LogP contribution in [0.4, 0.5) is 0 Å². The molecule has 1 N–H and O–H groups in total. The summed E-state index contributed by atoms with van der Waals surface area (Å²) in [5, 5.41) is 3.69. The van der Waals surface area contributed by atoms with Crippen LogP contribution in [0.25, 0.3) is 17.8 Å². The number of benzene rings is 1. The van der Waals surface area contributed by atoms with Crippen molar-refractivity contribution in [2.24, 2.45) is 0 Å². The molecule has 0 unspecified atom stereocenters. The zero-order valence-electron chi connectivity index (χ0n) is 22.3. The van der Waals surface area contributed by atoms with Crippen molar-refractivity contribution in [1.29, 1.82) is 0 Å². The molecule has 2 aliphatic rings. The molecule has 2 aromatic heterocycles. The molecule has 0 atom stereocenters. The number of piperidine rings is 1. The Hall–Kier alpha value is -3.93. The van der Waals surface area contributed by atoms with Gasteiger partial charge in [-0.05, 0) is 61.6 Å². The van der Waals surface area contributed by atoms with E-state index in [-0.39, 0.29) is 12.0 Å². The first kappa shape index (κ1) is 25.7. The highest BCUT2D eigenvalue weighted by Gasteiger charge is 2.24. The molecule has 1 aliphatic carbocycles. The van der Waals surface area contributed by atoms with Gasteiger partial charge in [0, 0.05) is 63.4 Å². The topological polar surface area (TPSA) is 67.3 Å². The zero-order chi connectivity index (χ0) is 26.3. The number of hydrogen-bond donors (Lipinski definition) is 1. The number of nitrogens with zero attached hydrogens (tertiary/aromatic N) is 3. The van der Waals surface area contributed by atoms with Gasteiger partial charge in [-0.2, -0.15) is 0 Å². The number of rotatable bonds is 8. The van der Waals surface area contributed by atoms with E-state index in [9.17, 15) is 4.79 Å². The van der Waals surface area contributed by atoms with Crippen LogP contribution in [0.2, 0.25) is 0 Å². The summed E-state index contributed by atoms with van der Waals surface area (Å²) in [6.45, 7) is 5.95. The molecule has 0 bridgehead atoms. The number of aromatic nitrogens is 2. The number of carbonyl (C=O) groups excluding carboxylic acids is 1. The van der Waals surface area contributed by atoms with E-state index in [4.69, 9.17) is 9.72 Å². The maximum Gasteiger partial charge on any atom is 0.219 e. The van der Waals surface area contributed by atoms with Crippen LogP contribution in [0, 0.1) is 6.92 Å². The molecule has 1 aliphatic heterocycles. The molecule has 0 radical (unpaired) electrons. The van der Waals surface area contributed by atoms with E-state index in [0.717, 1.165) is 73.7 Å². The molecular formula is C32H36N4O2. The Morgan fingerprint density at radius 1 is 1.08 bits per heavy atom. The van der Waals surface area contributed by atoms with Gasteiger partial charge in [0.1, 0.15) is 11.9 Å². The summed E-state index contributed by atoms with van der Waals surface area (Å²) >= 11 is 0. The van der Waals surface area contributed by atoms with Crippen molar-refractivity contribution in [1.82, 2.24) is 20.2 Å². The molecular weight excluding hydrogens is 472 g/mol. The fourth-order valence-electron chi connectivity index (χ4n) is 4.83. The molecule has 196 valence electrons. The third-order valence-electron chi connectivity index (χ3n) is 7.35. The van der Waals surface area contributed by atoms with Crippen LogP contribution < -0.4 is 10.1 Å². The van der Waals surface area contributed by atoms with Crippen LogP contribution in [0.1, 0.15) is 67.1 Å². The lowest BCUT2D eigenvalue weighted by atomic mass is 9.89. The second kappa shape index (κ2) is 12.1. The van der Waals surface area contributed by atoms with Crippen molar-refractivity contribution in [3.63, 3.8) is 0 Å². The fourth-order valence-corrected chi connectivity index (χ4v) is 4.83. The number of hydrogen-bond acceptors (Lipinski definition) is 5. The number of likely N-dealkylation sites (tertiary alicyclic amines) is 1. The van der Waals surface area contributed by atoms with Crippen molar-refractivity contribution in [3.05, 3.63) is 94.6 Å². The van der Waals surface area contributed by atoms with Gasteiger partial charge in [-0.15, -0.1) is 0 Å². The molecule has 1 aromatic carbocycles. The second-order valence-corrected chi connectivity index (χ2v) is 10.2. The minimum Gasteiger partial charge on any atom is -0.490 e. The van der Waals surface area contributed by atoms with Gasteiger partial charge in [-0.1, -0.05) is 35.9 Å². The Morgan fingerprint density at radius 2 is 1.87 bits per heavy atom. The van der Waals surface area contributed by atoms with Crippen LogP contribution in [-0.2, 0) is 11.3 Å². The first-order valence-electron chi connectivity index (χ1n) is 13.6. The monoisotopic (exact) mass is 508 g/mol. The maximum absolute atomic E-state index is 11.8. The van der Waals surface area contributed by atoms with Gasteiger partial charge in [-0.25, -0.2) is 0 Å². The highest BCUT2D eigenvalue weighted by Crippen LogP contribution is 2.34. The van der Waals surface area contributed by atoms with E-state index in [1.165, 1.54) is 23.1 Å².